The van der Waals surface area contributed by atoms with Gasteiger partial charge in [0.1, 0.15) is 0 Å². The maximum atomic E-state index is 11.9. The van der Waals surface area contributed by atoms with E-state index in [-0.39, 0.29) is 18.6 Å². The Morgan fingerprint density at radius 1 is 1.43 bits per heavy atom. The minimum Gasteiger partial charge on any atom is -0.387 e. The van der Waals surface area contributed by atoms with E-state index in [4.69, 9.17) is 4.74 Å². The molecule has 128 valence electrons. The van der Waals surface area contributed by atoms with Crippen LogP contribution in [0, 0.1) is 6.92 Å². The number of ether oxygens (including phenoxy) is 1. The van der Waals surface area contributed by atoms with Gasteiger partial charge in [-0.1, -0.05) is 24.3 Å². The molecule has 1 fully saturated rings. The summed E-state index contributed by atoms with van der Waals surface area (Å²) < 4.78 is 5.59. The van der Waals surface area contributed by atoms with Gasteiger partial charge in [0.05, 0.1) is 12.2 Å². The molecule has 1 aromatic rings. The lowest BCUT2D eigenvalue weighted by atomic mass is 10.0. The molecule has 0 radical (unpaired) electrons. The summed E-state index contributed by atoms with van der Waals surface area (Å²) in [6.07, 6.45) is 3.81. The summed E-state index contributed by atoms with van der Waals surface area (Å²) in [5.74, 6) is 0. The lowest BCUT2D eigenvalue weighted by molar-refractivity contribution is 0.100. The SMILES string of the molecule is Cc1ccccc1C(O)CNC(=O)NC(C)CCC1CCCO1. The molecule has 1 aliphatic heterocycles. The number of amides is 2. The van der Waals surface area contributed by atoms with E-state index in [1.54, 1.807) is 0 Å². The zero-order chi connectivity index (χ0) is 16.7. The van der Waals surface area contributed by atoms with Crippen LogP contribution in [0.5, 0.6) is 0 Å². The Hall–Kier alpha value is -1.59. The molecule has 1 heterocycles. The number of hydrogen-bond donors (Lipinski definition) is 3. The number of carbonyl (C=O) groups excluding carboxylic acids is 1. The van der Waals surface area contributed by atoms with Crippen LogP contribution in [-0.4, -0.2) is 36.4 Å². The first-order chi connectivity index (χ1) is 11.1. The van der Waals surface area contributed by atoms with E-state index in [0.717, 1.165) is 43.4 Å². The fourth-order valence-electron chi connectivity index (χ4n) is 2.91. The van der Waals surface area contributed by atoms with Crippen LogP contribution in [0.1, 0.15) is 49.8 Å². The van der Waals surface area contributed by atoms with Gasteiger partial charge in [0, 0.05) is 19.2 Å². The molecule has 23 heavy (non-hydrogen) atoms. The van der Waals surface area contributed by atoms with Crippen molar-refractivity contribution in [3.63, 3.8) is 0 Å². The zero-order valence-electron chi connectivity index (χ0n) is 14.0. The molecule has 3 atom stereocenters. The van der Waals surface area contributed by atoms with Crippen molar-refractivity contribution in [3.8, 4) is 0 Å². The van der Waals surface area contributed by atoms with Crippen LogP contribution in [0.2, 0.25) is 0 Å². The molecule has 1 aromatic carbocycles. The van der Waals surface area contributed by atoms with Crippen molar-refractivity contribution in [2.24, 2.45) is 0 Å². The molecule has 5 heteroatoms. The molecule has 1 saturated heterocycles. The number of rotatable bonds is 7. The third-order valence-corrected chi connectivity index (χ3v) is 4.33. The second-order valence-corrected chi connectivity index (χ2v) is 6.34. The van der Waals surface area contributed by atoms with Gasteiger partial charge in [-0.3, -0.25) is 0 Å². The van der Waals surface area contributed by atoms with Crippen LogP contribution >= 0.6 is 0 Å². The molecule has 0 bridgehead atoms. The first-order valence-corrected chi connectivity index (χ1v) is 8.46. The number of nitrogens with one attached hydrogen (secondary N) is 2. The molecule has 0 saturated carbocycles. The summed E-state index contributed by atoms with van der Waals surface area (Å²) in [4.78, 5) is 11.9. The Balaban J connectivity index is 1.66. The van der Waals surface area contributed by atoms with Gasteiger partial charge in [0.25, 0.3) is 0 Å². The predicted octanol–water partition coefficient (Wildman–Crippen LogP) is 2.68. The van der Waals surface area contributed by atoms with Gasteiger partial charge in [0.15, 0.2) is 0 Å². The Kier molecular flexibility index (Phi) is 6.86. The molecule has 3 N–H and O–H groups in total. The summed E-state index contributed by atoms with van der Waals surface area (Å²) in [5.41, 5.74) is 1.87. The highest BCUT2D eigenvalue weighted by atomic mass is 16.5. The second kappa shape index (κ2) is 8.89. The van der Waals surface area contributed by atoms with Crippen LogP contribution < -0.4 is 10.6 Å². The predicted molar refractivity (Wildman–Crippen MR) is 90.3 cm³/mol. The van der Waals surface area contributed by atoms with E-state index < -0.39 is 6.10 Å². The van der Waals surface area contributed by atoms with E-state index in [1.165, 1.54) is 0 Å². The quantitative estimate of drug-likeness (QED) is 0.723. The van der Waals surface area contributed by atoms with Gasteiger partial charge >= 0.3 is 6.03 Å². The molecular weight excluding hydrogens is 292 g/mol. The van der Waals surface area contributed by atoms with E-state index >= 15 is 0 Å². The van der Waals surface area contributed by atoms with Crippen LogP contribution in [0.15, 0.2) is 24.3 Å². The minimum absolute atomic E-state index is 0.0924. The third-order valence-electron chi connectivity index (χ3n) is 4.33. The molecular formula is C18H28N2O3. The molecule has 2 rings (SSSR count). The average molecular weight is 320 g/mol. The number of benzene rings is 1. The van der Waals surface area contributed by atoms with Crippen molar-refractivity contribution in [1.82, 2.24) is 10.6 Å². The Morgan fingerprint density at radius 3 is 2.91 bits per heavy atom. The molecule has 0 aromatic heterocycles. The van der Waals surface area contributed by atoms with Crippen molar-refractivity contribution in [2.75, 3.05) is 13.2 Å². The zero-order valence-corrected chi connectivity index (χ0v) is 14.0. The lowest BCUT2D eigenvalue weighted by Crippen LogP contribution is -2.42. The average Bonchev–Trinajstić information content (AvgIpc) is 3.04. The van der Waals surface area contributed by atoms with Gasteiger partial charge in [-0.2, -0.15) is 0 Å². The second-order valence-electron chi connectivity index (χ2n) is 6.34. The van der Waals surface area contributed by atoms with E-state index in [0.29, 0.717) is 6.10 Å². The van der Waals surface area contributed by atoms with Crippen molar-refractivity contribution in [1.29, 1.82) is 0 Å². The molecule has 0 spiro atoms. The number of carbonyl (C=O) groups is 1. The van der Waals surface area contributed by atoms with Crippen LogP contribution in [-0.2, 0) is 4.74 Å². The Morgan fingerprint density at radius 2 is 2.22 bits per heavy atom. The number of hydrogen-bond acceptors (Lipinski definition) is 3. The topological polar surface area (TPSA) is 70.6 Å². The van der Waals surface area contributed by atoms with Crippen LogP contribution in [0.4, 0.5) is 4.79 Å². The van der Waals surface area contributed by atoms with Crippen LogP contribution in [0.25, 0.3) is 0 Å². The maximum absolute atomic E-state index is 11.9. The van der Waals surface area contributed by atoms with Gasteiger partial charge in [-0.05, 0) is 50.7 Å². The fourth-order valence-corrected chi connectivity index (χ4v) is 2.91. The highest BCUT2D eigenvalue weighted by molar-refractivity contribution is 5.74. The molecule has 3 unspecified atom stereocenters. The monoisotopic (exact) mass is 320 g/mol. The highest BCUT2D eigenvalue weighted by Gasteiger charge is 2.17. The van der Waals surface area contributed by atoms with Gasteiger partial charge in [0.2, 0.25) is 0 Å². The molecule has 0 aliphatic carbocycles. The number of aliphatic hydroxyl groups excluding tert-OH is 1. The third kappa shape index (κ3) is 5.84. The largest absolute Gasteiger partial charge is 0.387 e. The molecule has 5 nitrogen and oxygen atoms in total. The summed E-state index contributed by atoms with van der Waals surface area (Å²) in [7, 11) is 0. The van der Waals surface area contributed by atoms with Crippen LogP contribution in [0.3, 0.4) is 0 Å². The summed E-state index contributed by atoms with van der Waals surface area (Å²) >= 11 is 0. The van der Waals surface area contributed by atoms with E-state index in [9.17, 15) is 9.90 Å². The smallest absolute Gasteiger partial charge is 0.315 e. The Bertz CT molecular complexity index is 501. The Labute approximate surface area is 138 Å². The highest BCUT2D eigenvalue weighted by Crippen LogP contribution is 2.18. The van der Waals surface area contributed by atoms with Crippen molar-refractivity contribution >= 4 is 6.03 Å². The number of urea groups is 1. The maximum Gasteiger partial charge on any atom is 0.315 e. The van der Waals surface area contributed by atoms with Crippen molar-refractivity contribution in [2.45, 2.75) is 57.8 Å². The van der Waals surface area contributed by atoms with E-state index in [1.807, 2.05) is 38.1 Å². The fraction of sp³-hybridized carbons (Fsp3) is 0.611. The number of aryl methyl sites for hydroxylation is 1. The number of aliphatic hydroxyl groups is 1. The van der Waals surface area contributed by atoms with Gasteiger partial charge in [-0.15, -0.1) is 0 Å². The normalized spacial score (nSPS) is 20.0. The lowest BCUT2D eigenvalue weighted by Gasteiger charge is -2.18. The van der Waals surface area contributed by atoms with Gasteiger partial charge < -0.3 is 20.5 Å². The standard InChI is InChI=1S/C18H28N2O3/c1-13-6-3-4-8-16(13)17(21)12-19-18(22)20-14(2)9-10-15-7-5-11-23-15/h3-4,6,8,14-15,17,21H,5,7,9-12H2,1-2H3,(H2,19,20,22). The first-order valence-electron chi connectivity index (χ1n) is 8.46. The van der Waals surface area contributed by atoms with E-state index in [2.05, 4.69) is 10.6 Å². The van der Waals surface area contributed by atoms with Crippen molar-refractivity contribution in [3.05, 3.63) is 35.4 Å². The first kappa shape index (κ1) is 17.8. The summed E-state index contributed by atoms with van der Waals surface area (Å²) in [5, 5.41) is 15.8. The summed E-state index contributed by atoms with van der Waals surface area (Å²) in [6.45, 7) is 5.01. The molecule has 2 amide bonds. The molecule has 1 aliphatic rings. The van der Waals surface area contributed by atoms with Crippen molar-refractivity contribution < 1.29 is 14.6 Å². The summed E-state index contributed by atoms with van der Waals surface area (Å²) in [6, 6.07) is 7.50. The minimum atomic E-state index is -0.691. The van der Waals surface area contributed by atoms with Gasteiger partial charge in [-0.25, -0.2) is 4.79 Å².